The first kappa shape index (κ1) is 13.6. The molecule has 0 aliphatic rings. The van der Waals surface area contributed by atoms with Gasteiger partial charge in [-0.25, -0.2) is 4.98 Å². The standard InChI is InChI=1S/C16H21N3/c1-13-5-4-6-14(9-13)12-19(3)16-8-7-15(10-17-2)11-18-16/h4-9,11,17H,10,12H2,1-3H3. The van der Waals surface area contributed by atoms with E-state index in [1.807, 2.05) is 13.2 Å². The molecule has 0 amide bonds. The molecule has 0 radical (unpaired) electrons. The van der Waals surface area contributed by atoms with E-state index >= 15 is 0 Å². The number of aromatic nitrogens is 1. The zero-order chi connectivity index (χ0) is 13.7. The van der Waals surface area contributed by atoms with E-state index in [-0.39, 0.29) is 0 Å². The summed E-state index contributed by atoms with van der Waals surface area (Å²) in [4.78, 5) is 6.67. The molecule has 0 unspecified atom stereocenters. The van der Waals surface area contributed by atoms with Crippen LogP contribution in [0.3, 0.4) is 0 Å². The van der Waals surface area contributed by atoms with Crippen LogP contribution in [0.15, 0.2) is 42.6 Å². The monoisotopic (exact) mass is 255 g/mol. The van der Waals surface area contributed by atoms with Gasteiger partial charge >= 0.3 is 0 Å². The molecule has 0 saturated heterocycles. The lowest BCUT2D eigenvalue weighted by atomic mass is 10.1. The molecule has 1 heterocycles. The Kier molecular flexibility index (Phi) is 4.53. The molecular weight excluding hydrogens is 234 g/mol. The second-order valence-electron chi connectivity index (χ2n) is 4.90. The van der Waals surface area contributed by atoms with E-state index in [1.54, 1.807) is 0 Å². The van der Waals surface area contributed by atoms with Gasteiger partial charge in [0, 0.05) is 26.3 Å². The largest absolute Gasteiger partial charge is 0.355 e. The minimum atomic E-state index is 0.856. The van der Waals surface area contributed by atoms with Crippen LogP contribution >= 0.6 is 0 Å². The third-order valence-electron chi connectivity index (χ3n) is 3.08. The summed E-state index contributed by atoms with van der Waals surface area (Å²) in [5.74, 6) is 1.00. The van der Waals surface area contributed by atoms with Gasteiger partial charge in [0.25, 0.3) is 0 Å². The first-order chi connectivity index (χ1) is 9.19. The Bertz CT molecular complexity index is 520. The van der Waals surface area contributed by atoms with Crippen LogP contribution in [0.5, 0.6) is 0 Å². The van der Waals surface area contributed by atoms with E-state index in [9.17, 15) is 0 Å². The van der Waals surface area contributed by atoms with Crippen molar-refractivity contribution in [2.24, 2.45) is 0 Å². The SMILES string of the molecule is CNCc1ccc(N(C)Cc2cccc(C)c2)nc1. The van der Waals surface area contributed by atoms with Gasteiger partial charge in [0.15, 0.2) is 0 Å². The van der Waals surface area contributed by atoms with Crippen LogP contribution in [-0.4, -0.2) is 19.1 Å². The second kappa shape index (κ2) is 6.34. The molecule has 0 aliphatic heterocycles. The smallest absolute Gasteiger partial charge is 0.128 e. The van der Waals surface area contributed by atoms with Crippen LogP contribution in [0.2, 0.25) is 0 Å². The van der Waals surface area contributed by atoms with Gasteiger partial charge in [-0.1, -0.05) is 35.9 Å². The Morgan fingerprint density at radius 2 is 2.00 bits per heavy atom. The van der Waals surface area contributed by atoms with Crippen molar-refractivity contribution in [2.45, 2.75) is 20.0 Å². The van der Waals surface area contributed by atoms with Crippen LogP contribution in [0.1, 0.15) is 16.7 Å². The molecule has 0 atom stereocenters. The molecule has 2 aromatic rings. The summed E-state index contributed by atoms with van der Waals surface area (Å²) >= 11 is 0. The fourth-order valence-electron chi connectivity index (χ4n) is 2.12. The van der Waals surface area contributed by atoms with Crippen molar-refractivity contribution >= 4 is 5.82 Å². The maximum absolute atomic E-state index is 4.50. The molecule has 1 aromatic heterocycles. The number of pyridine rings is 1. The fourth-order valence-corrected chi connectivity index (χ4v) is 2.12. The molecule has 0 bridgehead atoms. The van der Waals surface area contributed by atoms with Crippen molar-refractivity contribution in [2.75, 3.05) is 19.0 Å². The van der Waals surface area contributed by atoms with Gasteiger partial charge in [-0.2, -0.15) is 0 Å². The molecule has 19 heavy (non-hydrogen) atoms. The molecule has 0 spiro atoms. The fraction of sp³-hybridized carbons (Fsp3) is 0.312. The lowest BCUT2D eigenvalue weighted by Gasteiger charge is -2.18. The number of aryl methyl sites for hydroxylation is 1. The molecule has 3 heteroatoms. The summed E-state index contributed by atoms with van der Waals surface area (Å²) < 4.78 is 0. The summed E-state index contributed by atoms with van der Waals surface area (Å²) in [6.07, 6.45) is 1.93. The molecule has 0 fully saturated rings. The van der Waals surface area contributed by atoms with E-state index < -0.39 is 0 Å². The average molecular weight is 255 g/mol. The second-order valence-corrected chi connectivity index (χ2v) is 4.90. The third-order valence-corrected chi connectivity index (χ3v) is 3.08. The number of benzene rings is 1. The van der Waals surface area contributed by atoms with E-state index in [1.165, 1.54) is 16.7 Å². The van der Waals surface area contributed by atoms with Gasteiger partial charge in [-0.3, -0.25) is 0 Å². The van der Waals surface area contributed by atoms with E-state index in [0.29, 0.717) is 0 Å². The van der Waals surface area contributed by atoms with Crippen molar-refractivity contribution in [3.63, 3.8) is 0 Å². The van der Waals surface area contributed by atoms with Gasteiger partial charge in [0.05, 0.1) is 0 Å². The van der Waals surface area contributed by atoms with Crippen LogP contribution < -0.4 is 10.2 Å². The molecule has 100 valence electrons. The Labute approximate surface area is 115 Å². The summed E-state index contributed by atoms with van der Waals surface area (Å²) in [5.41, 5.74) is 3.81. The first-order valence-corrected chi connectivity index (χ1v) is 6.55. The minimum absolute atomic E-state index is 0.856. The van der Waals surface area contributed by atoms with Crippen molar-refractivity contribution in [1.82, 2.24) is 10.3 Å². The van der Waals surface area contributed by atoms with Crippen molar-refractivity contribution in [3.8, 4) is 0 Å². The predicted molar refractivity (Wildman–Crippen MR) is 80.3 cm³/mol. The maximum Gasteiger partial charge on any atom is 0.128 e. The van der Waals surface area contributed by atoms with Crippen molar-refractivity contribution < 1.29 is 0 Å². The Balaban J connectivity index is 2.05. The molecule has 1 aromatic carbocycles. The third kappa shape index (κ3) is 3.80. The van der Waals surface area contributed by atoms with Crippen molar-refractivity contribution in [3.05, 3.63) is 59.3 Å². The highest BCUT2D eigenvalue weighted by Gasteiger charge is 2.03. The van der Waals surface area contributed by atoms with E-state index in [4.69, 9.17) is 0 Å². The highest BCUT2D eigenvalue weighted by molar-refractivity contribution is 5.39. The number of hydrogen-bond donors (Lipinski definition) is 1. The average Bonchev–Trinajstić information content (AvgIpc) is 2.40. The number of rotatable bonds is 5. The van der Waals surface area contributed by atoms with Crippen LogP contribution in [0.4, 0.5) is 5.82 Å². The summed E-state index contributed by atoms with van der Waals surface area (Å²) in [6, 6.07) is 12.8. The van der Waals surface area contributed by atoms with Gasteiger partial charge < -0.3 is 10.2 Å². The normalized spacial score (nSPS) is 10.5. The van der Waals surface area contributed by atoms with Crippen LogP contribution in [-0.2, 0) is 13.1 Å². The highest BCUT2D eigenvalue weighted by Crippen LogP contribution is 2.14. The number of nitrogens with zero attached hydrogens (tertiary/aromatic N) is 2. The zero-order valence-corrected chi connectivity index (χ0v) is 11.9. The van der Waals surface area contributed by atoms with Crippen LogP contribution in [0, 0.1) is 6.92 Å². The van der Waals surface area contributed by atoms with Crippen LogP contribution in [0.25, 0.3) is 0 Å². The van der Waals surface area contributed by atoms with Gasteiger partial charge in [0.2, 0.25) is 0 Å². The highest BCUT2D eigenvalue weighted by atomic mass is 15.2. The van der Waals surface area contributed by atoms with E-state index in [0.717, 1.165) is 18.9 Å². The Hall–Kier alpha value is -1.87. The van der Waals surface area contributed by atoms with Gasteiger partial charge in [0.1, 0.15) is 5.82 Å². The Morgan fingerprint density at radius 3 is 2.63 bits per heavy atom. The summed E-state index contributed by atoms with van der Waals surface area (Å²) in [5, 5.41) is 3.13. The van der Waals surface area contributed by atoms with Crippen molar-refractivity contribution in [1.29, 1.82) is 0 Å². The predicted octanol–water partition coefficient (Wildman–Crippen LogP) is 2.75. The van der Waals surface area contributed by atoms with E-state index in [2.05, 4.69) is 65.6 Å². The number of nitrogens with one attached hydrogen (secondary N) is 1. The molecule has 0 aliphatic carbocycles. The summed E-state index contributed by atoms with van der Waals surface area (Å²) in [6.45, 7) is 3.85. The molecule has 0 saturated carbocycles. The molecule has 2 rings (SSSR count). The minimum Gasteiger partial charge on any atom is -0.355 e. The number of hydrogen-bond acceptors (Lipinski definition) is 3. The Morgan fingerprint density at radius 1 is 1.16 bits per heavy atom. The molecule has 1 N–H and O–H groups in total. The first-order valence-electron chi connectivity index (χ1n) is 6.55. The van der Waals surface area contributed by atoms with Gasteiger partial charge in [-0.05, 0) is 31.2 Å². The molecular formula is C16H21N3. The maximum atomic E-state index is 4.50. The van der Waals surface area contributed by atoms with Gasteiger partial charge in [-0.15, -0.1) is 0 Å². The quantitative estimate of drug-likeness (QED) is 0.890. The number of anilines is 1. The summed E-state index contributed by atoms with van der Waals surface area (Å²) in [7, 11) is 4.01. The lowest BCUT2D eigenvalue weighted by molar-refractivity contribution is 0.810. The molecule has 3 nitrogen and oxygen atoms in total. The zero-order valence-electron chi connectivity index (χ0n) is 11.9. The lowest BCUT2D eigenvalue weighted by Crippen LogP contribution is -2.18. The topological polar surface area (TPSA) is 28.2 Å².